The number of hydrogen-bond acceptors (Lipinski definition) is 3. The Morgan fingerprint density at radius 2 is 1.90 bits per heavy atom. The van der Waals surface area contributed by atoms with E-state index < -0.39 is 0 Å². The molecule has 0 spiro atoms. The van der Waals surface area contributed by atoms with Gasteiger partial charge in [0.1, 0.15) is 5.15 Å². The summed E-state index contributed by atoms with van der Waals surface area (Å²) in [5.41, 5.74) is 3.84. The Kier molecular flexibility index (Phi) is 3.36. The summed E-state index contributed by atoms with van der Waals surface area (Å²) in [6.45, 7) is 4.02. The minimum Gasteiger partial charge on any atom is -0.256 e. The first-order valence-corrected chi connectivity index (χ1v) is 6.95. The first-order chi connectivity index (χ1) is 9.70. The summed E-state index contributed by atoms with van der Waals surface area (Å²) in [4.78, 5) is 13.4. The molecule has 4 heteroatoms. The molecule has 2 heterocycles. The predicted molar refractivity (Wildman–Crippen MR) is 81.9 cm³/mol. The van der Waals surface area contributed by atoms with Gasteiger partial charge in [-0.05, 0) is 25.5 Å². The summed E-state index contributed by atoms with van der Waals surface area (Å²) in [6, 6.07) is 9.90. The van der Waals surface area contributed by atoms with Crippen LogP contribution in [0.4, 0.5) is 0 Å². The van der Waals surface area contributed by atoms with Crippen molar-refractivity contribution < 1.29 is 0 Å². The van der Waals surface area contributed by atoms with Crippen molar-refractivity contribution in [3.63, 3.8) is 0 Å². The van der Waals surface area contributed by atoms with E-state index in [1.165, 1.54) is 0 Å². The van der Waals surface area contributed by atoms with Gasteiger partial charge in [0.15, 0.2) is 5.82 Å². The fourth-order valence-electron chi connectivity index (χ4n) is 2.29. The average Bonchev–Trinajstić information content (AvgIpc) is 2.49. The van der Waals surface area contributed by atoms with Crippen LogP contribution in [0.2, 0.25) is 5.15 Å². The lowest BCUT2D eigenvalue weighted by atomic mass is 10.1. The van der Waals surface area contributed by atoms with Gasteiger partial charge in [-0.2, -0.15) is 0 Å². The van der Waals surface area contributed by atoms with Crippen molar-refractivity contribution in [2.45, 2.75) is 20.3 Å². The van der Waals surface area contributed by atoms with Crippen molar-refractivity contribution in [2.75, 3.05) is 0 Å². The number of benzene rings is 1. The van der Waals surface area contributed by atoms with Crippen molar-refractivity contribution in [3.05, 3.63) is 52.9 Å². The smallest absolute Gasteiger partial charge is 0.161 e. The quantitative estimate of drug-likeness (QED) is 0.661. The normalized spacial score (nSPS) is 10.9. The highest BCUT2D eigenvalue weighted by molar-refractivity contribution is 6.30. The molecular weight excluding hydrogens is 270 g/mol. The van der Waals surface area contributed by atoms with Gasteiger partial charge >= 0.3 is 0 Å². The van der Waals surface area contributed by atoms with Crippen LogP contribution < -0.4 is 0 Å². The number of pyridine rings is 1. The minimum absolute atomic E-state index is 0.521. The number of rotatable bonds is 2. The number of nitrogens with zero attached hydrogens (tertiary/aromatic N) is 3. The monoisotopic (exact) mass is 283 g/mol. The van der Waals surface area contributed by atoms with Crippen LogP contribution in [0.1, 0.15) is 18.2 Å². The maximum atomic E-state index is 6.23. The fourth-order valence-corrected chi connectivity index (χ4v) is 2.48. The van der Waals surface area contributed by atoms with Crippen LogP contribution in [0.3, 0.4) is 0 Å². The largest absolute Gasteiger partial charge is 0.256 e. The third-order valence-corrected chi connectivity index (χ3v) is 3.78. The minimum atomic E-state index is 0.521. The van der Waals surface area contributed by atoms with Crippen LogP contribution in [0.25, 0.3) is 22.3 Å². The number of aryl methyl sites for hydroxylation is 1. The van der Waals surface area contributed by atoms with Gasteiger partial charge in [-0.15, -0.1) is 0 Å². The lowest BCUT2D eigenvalue weighted by molar-refractivity contribution is 0.977. The van der Waals surface area contributed by atoms with Crippen LogP contribution in [0.15, 0.2) is 36.5 Å². The molecule has 3 rings (SSSR count). The van der Waals surface area contributed by atoms with Crippen LogP contribution in [-0.4, -0.2) is 15.0 Å². The summed E-state index contributed by atoms with van der Waals surface area (Å²) in [6.07, 6.45) is 2.62. The standard InChI is InChI=1S/C16H14ClN3/c1-3-13-10(2)15(17)20-16(19-13)12-8-9-18-14-7-5-4-6-11(12)14/h4-9H,3H2,1-2H3. The first kappa shape index (κ1) is 13.0. The van der Waals surface area contributed by atoms with E-state index in [1.807, 2.05) is 37.3 Å². The van der Waals surface area contributed by atoms with Crippen molar-refractivity contribution in [3.8, 4) is 11.4 Å². The van der Waals surface area contributed by atoms with Gasteiger partial charge in [-0.25, -0.2) is 9.97 Å². The third kappa shape index (κ3) is 2.14. The number of para-hydroxylation sites is 1. The molecular formula is C16H14ClN3. The molecule has 20 heavy (non-hydrogen) atoms. The molecule has 0 aliphatic carbocycles. The molecule has 0 aliphatic rings. The highest BCUT2D eigenvalue weighted by Gasteiger charge is 2.12. The van der Waals surface area contributed by atoms with E-state index >= 15 is 0 Å². The van der Waals surface area contributed by atoms with Crippen molar-refractivity contribution in [1.29, 1.82) is 0 Å². The lowest BCUT2D eigenvalue weighted by Crippen LogP contribution is -2.00. The van der Waals surface area contributed by atoms with Gasteiger partial charge in [-0.1, -0.05) is 36.7 Å². The van der Waals surface area contributed by atoms with E-state index in [-0.39, 0.29) is 0 Å². The molecule has 2 aromatic heterocycles. The van der Waals surface area contributed by atoms with Crippen molar-refractivity contribution >= 4 is 22.5 Å². The second-order valence-corrected chi connectivity index (χ2v) is 5.00. The second kappa shape index (κ2) is 5.17. The Balaban J connectivity index is 2.28. The predicted octanol–water partition coefficient (Wildman–Crippen LogP) is 4.22. The Bertz CT molecular complexity index is 779. The number of fused-ring (bicyclic) bond motifs is 1. The van der Waals surface area contributed by atoms with Gasteiger partial charge in [0.25, 0.3) is 0 Å². The molecule has 0 atom stereocenters. The van der Waals surface area contributed by atoms with E-state index in [0.29, 0.717) is 11.0 Å². The highest BCUT2D eigenvalue weighted by Crippen LogP contribution is 2.27. The van der Waals surface area contributed by atoms with E-state index in [9.17, 15) is 0 Å². The Morgan fingerprint density at radius 1 is 1.10 bits per heavy atom. The van der Waals surface area contributed by atoms with Gasteiger partial charge in [0, 0.05) is 28.4 Å². The van der Waals surface area contributed by atoms with E-state index in [4.69, 9.17) is 11.6 Å². The zero-order valence-corrected chi connectivity index (χ0v) is 12.1. The second-order valence-electron chi connectivity index (χ2n) is 4.64. The number of aromatic nitrogens is 3. The average molecular weight is 284 g/mol. The molecule has 0 amide bonds. The molecule has 0 aliphatic heterocycles. The van der Waals surface area contributed by atoms with Gasteiger partial charge in [0.05, 0.1) is 5.52 Å². The zero-order valence-electron chi connectivity index (χ0n) is 11.4. The van der Waals surface area contributed by atoms with Crippen molar-refractivity contribution in [1.82, 2.24) is 15.0 Å². The highest BCUT2D eigenvalue weighted by atomic mass is 35.5. The maximum absolute atomic E-state index is 6.23. The van der Waals surface area contributed by atoms with E-state index in [0.717, 1.165) is 34.1 Å². The summed E-state index contributed by atoms with van der Waals surface area (Å²) in [5, 5.41) is 1.56. The van der Waals surface area contributed by atoms with Crippen molar-refractivity contribution in [2.24, 2.45) is 0 Å². The molecule has 0 saturated carbocycles. The molecule has 0 bridgehead atoms. The Hall–Kier alpha value is -2.00. The van der Waals surface area contributed by atoms with Gasteiger partial charge < -0.3 is 0 Å². The van der Waals surface area contributed by atoms with Gasteiger partial charge in [-0.3, -0.25) is 4.98 Å². The summed E-state index contributed by atoms with van der Waals surface area (Å²) in [5.74, 6) is 0.663. The Morgan fingerprint density at radius 3 is 2.70 bits per heavy atom. The molecule has 0 N–H and O–H groups in total. The number of hydrogen-bond donors (Lipinski definition) is 0. The topological polar surface area (TPSA) is 38.7 Å². The van der Waals surface area contributed by atoms with Gasteiger partial charge in [0.2, 0.25) is 0 Å². The Labute approximate surface area is 122 Å². The third-order valence-electron chi connectivity index (χ3n) is 3.41. The van der Waals surface area contributed by atoms with E-state index in [1.54, 1.807) is 6.20 Å². The van der Waals surface area contributed by atoms with Crippen LogP contribution >= 0.6 is 11.6 Å². The summed E-state index contributed by atoms with van der Waals surface area (Å²) < 4.78 is 0. The molecule has 100 valence electrons. The molecule has 3 aromatic rings. The molecule has 0 unspecified atom stereocenters. The SMILES string of the molecule is CCc1nc(-c2ccnc3ccccc23)nc(Cl)c1C. The first-order valence-electron chi connectivity index (χ1n) is 6.58. The molecule has 1 aromatic carbocycles. The lowest BCUT2D eigenvalue weighted by Gasteiger charge is -2.09. The molecule has 3 nitrogen and oxygen atoms in total. The van der Waals surface area contributed by atoms with Crippen LogP contribution in [0.5, 0.6) is 0 Å². The zero-order chi connectivity index (χ0) is 14.1. The van der Waals surface area contributed by atoms with Crippen LogP contribution in [0, 0.1) is 6.92 Å². The maximum Gasteiger partial charge on any atom is 0.161 e. The molecule has 0 radical (unpaired) electrons. The van der Waals surface area contributed by atoms with E-state index in [2.05, 4.69) is 21.9 Å². The number of halogens is 1. The molecule has 0 saturated heterocycles. The van der Waals surface area contributed by atoms with Crippen LogP contribution in [-0.2, 0) is 6.42 Å². The summed E-state index contributed by atoms with van der Waals surface area (Å²) >= 11 is 6.23. The molecule has 0 fully saturated rings. The summed E-state index contributed by atoms with van der Waals surface area (Å²) in [7, 11) is 0. The fraction of sp³-hybridized carbons (Fsp3) is 0.188.